The van der Waals surface area contributed by atoms with Crippen LogP contribution in [0.1, 0.15) is 76.7 Å². The quantitative estimate of drug-likeness (QED) is 0.596. The average Bonchev–Trinajstić information content (AvgIpc) is 3.46. The molecule has 1 heterocycles. The summed E-state index contributed by atoms with van der Waals surface area (Å²) >= 11 is 0. The van der Waals surface area contributed by atoms with Crippen molar-refractivity contribution in [3.63, 3.8) is 0 Å². The Hall–Kier alpha value is -2.01. The summed E-state index contributed by atoms with van der Waals surface area (Å²) in [5.74, 6) is 2.28. The van der Waals surface area contributed by atoms with Gasteiger partial charge < -0.3 is 15.6 Å². The zero-order chi connectivity index (χ0) is 23.5. The summed E-state index contributed by atoms with van der Waals surface area (Å²) in [4.78, 5) is 18.9. The number of carbonyl (C=O) groups is 1. The third-order valence-electron chi connectivity index (χ3n) is 10.6. The van der Waals surface area contributed by atoms with Crippen LogP contribution in [0.2, 0.25) is 0 Å². The Balaban J connectivity index is 1.36. The largest absolute Gasteiger partial charge is 0.391 e. The summed E-state index contributed by atoms with van der Waals surface area (Å²) < 4.78 is 0. The molecule has 4 aliphatic carbocycles. The number of ketones is 1. The van der Waals surface area contributed by atoms with Gasteiger partial charge in [0.25, 0.3) is 0 Å². The maximum absolute atomic E-state index is 12.8. The highest BCUT2D eigenvalue weighted by Crippen LogP contribution is 2.66. The number of Topliss-reactive ketones (excluding diaryl/α,β-unsaturated/α-hetero) is 1. The van der Waals surface area contributed by atoms with E-state index in [0.717, 1.165) is 75.9 Å². The fourth-order valence-electron chi connectivity index (χ4n) is 8.85. The molecule has 34 heavy (non-hydrogen) atoms. The molecule has 0 radical (unpaired) electrons. The van der Waals surface area contributed by atoms with Gasteiger partial charge in [-0.05, 0) is 73.8 Å². The number of carbonyl (C=O) groups excluding carboxylic acids is 1. The number of fused-ring (bicyclic) bond motifs is 5. The molecule has 8 unspecified atom stereocenters. The number of nitrogens with zero attached hydrogens (tertiary/aromatic N) is 1. The topological polar surface area (TPSA) is 74.5 Å². The first-order chi connectivity index (χ1) is 16.4. The molecular formula is C29H39N3O2. The molecule has 6 rings (SSSR count). The SMILES string of the molecule is CC12CCC3C(CC(=N)C4C(c5ccccc5)C(=NOC5CCNC5)CCC34C)C1CCC2=O. The molecule has 5 heteroatoms. The van der Waals surface area contributed by atoms with Crippen molar-refractivity contribution in [2.24, 2.45) is 39.7 Å². The lowest BCUT2D eigenvalue weighted by Gasteiger charge is -2.61. The van der Waals surface area contributed by atoms with E-state index >= 15 is 0 Å². The number of oxime groups is 1. The van der Waals surface area contributed by atoms with Crippen LogP contribution >= 0.6 is 0 Å². The van der Waals surface area contributed by atoms with Crippen molar-refractivity contribution in [1.29, 1.82) is 5.41 Å². The van der Waals surface area contributed by atoms with E-state index < -0.39 is 0 Å². The van der Waals surface area contributed by atoms with Crippen molar-refractivity contribution in [2.45, 2.75) is 77.2 Å². The van der Waals surface area contributed by atoms with Gasteiger partial charge in [0.1, 0.15) is 11.9 Å². The Morgan fingerprint density at radius 2 is 1.88 bits per heavy atom. The number of rotatable bonds is 3. The van der Waals surface area contributed by atoms with Gasteiger partial charge in [-0.2, -0.15) is 0 Å². The van der Waals surface area contributed by atoms with Gasteiger partial charge in [0.05, 0.1) is 5.71 Å². The molecule has 5 fully saturated rings. The van der Waals surface area contributed by atoms with E-state index in [1.807, 2.05) is 0 Å². The minimum absolute atomic E-state index is 0.0708. The second-order valence-electron chi connectivity index (χ2n) is 12.2. The highest BCUT2D eigenvalue weighted by molar-refractivity contribution is 5.99. The minimum Gasteiger partial charge on any atom is -0.391 e. The van der Waals surface area contributed by atoms with E-state index in [2.05, 4.69) is 49.5 Å². The summed E-state index contributed by atoms with van der Waals surface area (Å²) in [5.41, 5.74) is 3.21. The zero-order valence-corrected chi connectivity index (χ0v) is 20.7. The third kappa shape index (κ3) is 3.33. The zero-order valence-electron chi connectivity index (χ0n) is 20.7. The predicted octanol–water partition coefficient (Wildman–Crippen LogP) is 5.36. The van der Waals surface area contributed by atoms with Gasteiger partial charge in [0.2, 0.25) is 0 Å². The van der Waals surface area contributed by atoms with Gasteiger partial charge in [0, 0.05) is 42.3 Å². The van der Waals surface area contributed by atoms with Crippen LogP contribution in [0.5, 0.6) is 0 Å². The van der Waals surface area contributed by atoms with Crippen molar-refractivity contribution >= 4 is 17.2 Å². The molecule has 1 aromatic rings. The van der Waals surface area contributed by atoms with Gasteiger partial charge in [-0.15, -0.1) is 0 Å². The van der Waals surface area contributed by atoms with Crippen LogP contribution in [0, 0.1) is 39.9 Å². The Labute approximate surface area is 203 Å². The van der Waals surface area contributed by atoms with Crippen molar-refractivity contribution in [2.75, 3.05) is 13.1 Å². The summed E-state index contributed by atoms with van der Waals surface area (Å²) in [6.07, 6.45) is 7.94. The molecule has 0 amide bonds. The van der Waals surface area contributed by atoms with Gasteiger partial charge in [-0.25, -0.2) is 0 Å². The molecule has 2 N–H and O–H groups in total. The molecule has 0 spiro atoms. The average molecular weight is 462 g/mol. The second-order valence-corrected chi connectivity index (χ2v) is 12.2. The number of benzene rings is 1. The fraction of sp³-hybridized carbons (Fsp3) is 0.690. The predicted molar refractivity (Wildman–Crippen MR) is 134 cm³/mol. The molecule has 1 saturated heterocycles. The Morgan fingerprint density at radius 3 is 2.65 bits per heavy atom. The van der Waals surface area contributed by atoms with Crippen molar-refractivity contribution in [3.8, 4) is 0 Å². The highest BCUT2D eigenvalue weighted by Gasteiger charge is 2.63. The van der Waals surface area contributed by atoms with E-state index in [4.69, 9.17) is 9.99 Å². The summed E-state index contributed by atoms with van der Waals surface area (Å²) in [6, 6.07) is 10.7. The molecule has 5 aliphatic rings. The summed E-state index contributed by atoms with van der Waals surface area (Å²) in [7, 11) is 0. The van der Waals surface area contributed by atoms with Crippen LogP contribution in [0.4, 0.5) is 0 Å². The highest BCUT2D eigenvalue weighted by atomic mass is 16.6. The number of hydrogen-bond acceptors (Lipinski definition) is 5. The maximum Gasteiger partial charge on any atom is 0.141 e. The molecule has 0 aromatic heterocycles. The maximum atomic E-state index is 12.8. The molecule has 0 bridgehead atoms. The fourth-order valence-corrected chi connectivity index (χ4v) is 8.85. The normalized spacial score (nSPS) is 45.1. The standard InChI is InChI=1S/C29H39N3O2/c1-28-13-10-22-20(21(28)8-9-25(28)33)16-23(30)27-26(18-6-4-3-5-7-18)24(11-14-29(22,27)2)32-34-19-12-15-31-17-19/h3-7,19-22,26-27,30-31H,8-17H2,1-2H3. The lowest BCUT2D eigenvalue weighted by molar-refractivity contribution is -0.133. The van der Waals surface area contributed by atoms with Crippen LogP contribution in [0.3, 0.4) is 0 Å². The van der Waals surface area contributed by atoms with Crippen LogP contribution in [-0.4, -0.2) is 36.4 Å². The van der Waals surface area contributed by atoms with Crippen LogP contribution in [-0.2, 0) is 9.63 Å². The lowest BCUT2D eigenvalue weighted by atomic mass is 9.43. The minimum atomic E-state index is -0.145. The molecule has 8 atom stereocenters. The van der Waals surface area contributed by atoms with E-state index in [-0.39, 0.29) is 28.8 Å². The van der Waals surface area contributed by atoms with Crippen LogP contribution < -0.4 is 5.32 Å². The van der Waals surface area contributed by atoms with E-state index in [1.165, 1.54) is 5.56 Å². The molecule has 1 aliphatic heterocycles. The van der Waals surface area contributed by atoms with Gasteiger partial charge in [-0.1, -0.05) is 49.3 Å². The number of nitrogens with one attached hydrogen (secondary N) is 2. The molecule has 1 aromatic carbocycles. The molecule has 5 nitrogen and oxygen atoms in total. The van der Waals surface area contributed by atoms with Crippen molar-refractivity contribution in [3.05, 3.63) is 35.9 Å². The number of hydrogen-bond donors (Lipinski definition) is 2. The van der Waals surface area contributed by atoms with E-state index in [0.29, 0.717) is 23.5 Å². The van der Waals surface area contributed by atoms with E-state index in [1.54, 1.807) is 0 Å². The second kappa shape index (κ2) is 8.29. The smallest absolute Gasteiger partial charge is 0.141 e. The lowest BCUT2D eigenvalue weighted by Crippen LogP contribution is -2.58. The first-order valence-corrected chi connectivity index (χ1v) is 13.5. The Morgan fingerprint density at radius 1 is 1.06 bits per heavy atom. The van der Waals surface area contributed by atoms with Gasteiger partial charge in [0.15, 0.2) is 0 Å². The van der Waals surface area contributed by atoms with Crippen molar-refractivity contribution < 1.29 is 9.63 Å². The van der Waals surface area contributed by atoms with Gasteiger partial charge in [-0.3, -0.25) is 4.79 Å². The van der Waals surface area contributed by atoms with Crippen molar-refractivity contribution in [1.82, 2.24) is 5.32 Å². The molecule has 4 saturated carbocycles. The Kier molecular flexibility index (Phi) is 5.47. The molecule has 182 valence electrons. The third-order valence-corrected chi connectivity index (χ3v) is 10.6. The Bertz CT molecular complexity index is 1000. The first kappa shape index (κ1) is 22.5. The van der Waals surface area contributed by atoms with Crippen LogP contribution in [0.15, 0.2) is 35.5 Å². The monoisotopic (exact) mass is 461 g/mol. The summed E-state index contributed by atoms with van der Waals surface area (Å²) in [6.45, 7) is 6.56. The van der Waals surface area contributed by atoms with E-state index in [9.17, 15) is 10.2 Å². The summed E-state index contributed by atoms with van der Waals surface area (Å²) in [5, 5.41) is 17.6. The van der Waals surface area contributed by atoms with Crippen LogP contribution in [0.25, 0.3) is 0 Å². The molecular weight excluding hydrogens is 422 g/mol. The van der Waals surface area contributed by atoms with Gasteiger partial charge >= 0.3 is 0 Å². The first-order valence-electron chi connectivity index (χ1n) is 13.5.